The van der Waals surface area contributed by atoms with Gasteiger partial charge in [0.2, 0.25) is 0 Å². The number of benzene rings is 1. The number of thiocarbonyl (C=S) groups is 1. The van der Waals surface area contributed by atoms with Crippen LogP contribution in [0, 0.1) is 5.92 Å². The molecule has 0 saturated carbocycles. The van der Waals surface area contributed by atoms with Gasteiger partial charge < -0.3 is 5.11 Å². The van der Waals surface area contributed by atoms with E-state index in [1.165, 1.54) is 0 Å². The summed E-state index contributed by atoms with van der Waals surface area (Å²) >= 11 is 8.95. The molecule has 0 heterocycles. The van der Waals surface area contributed by atoms with E-state index in [0.717, 1.165) is 5.56 Å². The Hall–Kier alpha value is -0.380. The molecule has 0 aromatic heterocycles. The first-order valence-electron chi connectivity index (χ1n) is 4.08. The summed E-state index contributed by atoms with van der Waals surface area (Å²) in [7, 11) is 0. The third-order valence-corrected chi connectivity index (χ3v) is 2.78. The van der Waals surface area contributed by atoms with Crippen molar-refractivity contribution < 1.29 is 5.11 Å². The van der Waals surface area contributed by atoms with Crippen molar-refractivity contribution in [2.24, 2.45) is 5.92 Å². The lowest BCUT2D eigenvalue weighted by Crippen LogP contribution is -2.13. The van der Waals surface area contributed by atoms with Crippen molar-refractivity contribution in [1.29, 1.82) is 0 Å². The molecule has 0 aliphatic heterocycles. The number of thiol groups is 1. The molecule has 2 atom stereocenters. The van der Waals surface area contributed by atoms with Crippen molar-refractivity contribution in [2.45, 2.75) is 13.0 Å². The van der Waals surface area contributed by atoms with Crippen LogP contribution in [0.15, 0.2) is 30.3 Å². The summed E-state index contributed by atoms with van der Waals surface area (Å²) in [5.41, 5.74) is 0.881. The molecule has 0 fully saturated rings. The van der Waals surface area contributed by atoms with Gasteiger partial charge in [-0.2, -0.15) is 0 Å². The van der Waals surface area contributed by atoms with Gasteiger partial charge in [-0.15, -0.1) is 12.6 Å². The molecule has 0 aliphatic rings. The number of rotatable bonds is 3. The molecule has 3 heteroatoms. The van der Waals surface area contributed by atoms with E-state index in [9.17, 15) is 5.11 Å². The van der Waals surface area contributed by atoms with Crippen LogP contribution < -0.4 is 0 Å². The van der Waals surface area contributed by atoms with Crippen molar-refractivity contribution in [3.63, 3.8) is 0 Å². The summed E-state index contributed by atoms with van der Waals surface area (Å²) in [5.74, 6) is -0.0965. The topological polar surface area (TPSA) is 20.2 Å². The van der Waals surface area contributed by atoms with Crippen LogP contribution in [0.1, 0.15) is 18.6 Å². The van der Waals surface area contributed by atoms with Crippen molar-refractivity contribution >= 4 is 29.0 Å². The van der Waals surface area contributed by atoms with Crippen molar-refractivity contribution in [1.82, 2.24) is 0 Å². The van der Waals surface area contributed by atoms with Gasteiger partial charge in [0.1, 0.15) is 0 Å². The third kappa shape index (κ3) is 2.79. The van der Waals surface area contributed by atoms with Crippen molar-refractivity contribution in [2.75, 3.05) is 0 Å². The molecular weight excluding hydrogens is 200 g/mol. The molecule has 1 aromatic rings. The lowest BCUT2D eigenvalue weighted by molar-refractivity contribution is 0.149. The largest absolute Gasteiger partial charge is 0.388 e. The predicted molar refractivity (Wildman–Crippen MR) is 62.1 cm³/mol. The fraction of sp³-hybridized carbons (Fsp3) is 0.300. The van der Waals surface area contributed by atoms with Crippen molar-refractivity contribution in [3.05, 3.63) is 35.9 Å². The first kappa shape index (κ1) is 10.7. The van der Waals surface area contributed by atoms with Gasteiger partial charge in [0.05, 0.1) is 10.3 Å². The fourth-order valence-corrected chi connectivity index (χ4v) is 1.34. The molecule has 0 amide bonds. The predicted octanol–water partition coefficient (Wildman–Crippen LogP) is 2.61. The van der Waals surface area contributed by atoms with E-state index in [1.807, 2.05) is 37.3 Å². The van der Waals surface area contributed by atoms with E-state index in [-0.39, 0.29) is 5.92 Å². The third-order valence-electron chi connectivity index (χ3n) is 2.00. The van der Waals surface area contributed by atoms with Crippen LogP contribution in [0.2, 0.25) is 0 Å². The summed E-state index contributed by atoms with van der Waals surface area (Å²) in [5, 5.41) is 9.82. The molecule has 1 N–H and O–H groups in total. The van der Waals surface area contributed by atoms with Gasteiger partial charge in [0.25, 0.3) is 0 Å². The zero-order chi connectivity index (χ0) is 9.84. The highest BCUT2D eigenvalue weighted by Gasteiger charge is 2.17. The van der Waals surface area contributed by atoms with Crippen LogP contribution in [0.5, 0.6) is 0 Å². The Morgan fingerprint density at radius 1 is 1.38 bits per heavy atom. The number of aliphatic hydroxyl groups excluding tert-OH is 1. The highest BCUT2D eigenvalue weighted by Crippen LogP contribution is 2.23. The molecule has 0 bridgehead atoms. The molecule has 0 spiro atoms. The fourth-order valence-electron chi connectivity index (χ4n) is 1.07. The second kappa shape index (κ2) is 4.74. The minimum Gasteiger partial charge on any atom is -0.388 e. The summed E-state index contributed by atoms with van der Waals surface area (Å²) in [6, 6.07) is 9.47. The minimum atomic E-state index is -0.550. The van der Waals surface area contributed by atoms with Crippen LogP contribution in [0.4, 0.5) is 0 Å². The second-order valence-electron chi connectivity index (χ2n) is 2.98. The molecule has 1 aromatic carbocycles. The van der Waals surface area contributed by atoms with E-state index in [1.54, 1.807) is 0 Å². The Morgan fingerprint density at radius 3 is 2.38 bits per heavy atom. The number of hydrogen-bond donors (Lipinski definition) is 2. The monoisotopic (exact) mass is 212 g/mol. The van der Waals surface area contributed by atoms with Gasteiger partial charge in [0.15, 0.2) is 0 Å². The highest BCUT2D eigenvalue weighted by atomic mass is 32.1. The van der Waals surface area contributed by atoms with Crippen LogP contribution >= 0.6 is 24.8 Å². The molecule has 0 radical (unpaired) electrons. The first-order chi connectivity index (χ1) is 6.13. The second-order valence-corrected chi connectivity index (χ2v) is 4.21. The van der Waals surface area contributed by atoms with E-state index in [4.69, 9.17) is 12.2 Å². The Bertz CT molecular complexity index is 284. The van der Waals surface area contributed by atoms with Crippen LogP contribution in [0.3, 0.4) is 0 Å². The normalized spacial score (nSPS) is 15.0. The van der Waals surface area contributed by atoms with Crippen molar-refractivity contribution in [3.8, 4) is 0 Å². The van der Waals surface area contributed by atoms with Crippen LogP contribution in [0.25, 0.3) is 0 Å². The Morgan fingerprint density at radius 2 is 1.92 bits per heavy atom. The maximum Gasteiger partial charge on any atom is 0.0869 e. The van der Waals surface area contributed by atoms with Gasteiger partial charge in [0, 0.05) is 5.92 Å². The first-order valence-corrected chi connectivity index (χ1v) is 4.94. The quantitative estimate of drug-likeness (QED) is 0.593. The summed E-state index contributed by atoms with van der Waals surface area (Å²) < 4.78 is 0.538. The van der Waals surface area contributed by atoms with Gasteiger partial charge in [-0.3, -0.25) is 0 Å². The Balaban J connectivity index is 2.79. The van der Waals surface area contributed by atoms with Gasteiger partial charge in [-0.05, 0) is 5.56 Å². The molecular formula is C10H12OS2. The van der Waals surface area contributed by atoms with Gasteiger partial charge in [-0.25, -0.2) is 0 Å². The highest BCUT2D eigenvalue weighted by molar-refractivity contribution is 8.11. The Labute approximate surface area is 89.2 Å². The number of hydrogen-bond acceptors (Lipinski definition) is 2. The average Bonchev–Trinajstić information content (AvgIpc) is 2.17. The molecule has 1 rings (SSSR count). The average molecular weight is 212 g/mol. The molecule has 0 unspecified atom stereocenters. The van der Waals surface area contributed by atoms with Crippen LogP contribution in [-0.4, -0.2) is 9.30 Å². The maximum absolute atomic E-state index is 9.82. The summed E-state index contributed by atoms with van der Waals surface area (Å²) in [4.78, 5) is 0. The molecule has 70 valence electrons. The lowest BCUT2D eigenvalue weighted by atomic mass is 9.99. The standard InChI is InChI=1S/C10H12OS2/c1-7(10(12)13)9(11)8-5-3-2-4-6-8/h2-7,9,11H,1H3,(H,12,13)/t7-,9-/m0/s1. The van der Waals surface area contributed by atoms with Gasteiger partial charge in [-0.1, -0.05) is 49.5 Å². The number of aliphatic hydroxyl groups is 1. The van der Waals surface area contributed by atoms with E-state index in [0.29, 0.717) is 4.20 Å². The summed E-state index contributed by atoms with van der Waals surface area (Å²) in [6.07, 6.45) is -0.550. The van der Waals surface area contributed by atoms with E-state index < -0.39 is 6.10 Å². The maximum atomic E-state index is 9.82. The smallest absolute Gasteiger partial charge is 0.0869 e. The van der Waals surface area contributed by atoms with Crippen LogP contribution in [-0.2, 0) is 0 Å². The zero-order valence-electron chi connectivity index (χ0n) is 7.34. The molecule has 0 saturated heterocycles. The lowest BCUT2D eigenvalue weighted by Gasteiger charge is -2.17. The SMILES string of the molecule is C[C@H](C(=S)S)[C@H](O)c1ccccc1. The van der Waals surface area contributed by atoms with Gasteiger partial charge >= 0.3 is 0 Å². The molecule has 1 nitrogen and oxygen atoms in total. The van der Waals surface area contributed by atoms with E-state index >= 15 is 0 Å². The Kier molecular flexibility index (Phi) is 3.90. The van der Waals surface area contributed by atoms with E-state index in [2.05, 4.69) is 12.6 Å². The minimum absolute atomic E-state index is 0.0965. The zero-order valence-corrected chi connectivity index (χ0v) is 9.06. The molecule has 13 heavy (non-hydrogen) atoms. The molecule has 0 aliphatic carbocycles. The summed E-state index contributed by atoms with van der Waals surface area (Å²) in [6.45, 7) is 1.87.